The molecule has 4 aromatic carbocycles. The molecule has 6 aromatic rings. The Balaban J connectivity index is 0.647. The zero-order valence-electron chi connectivity index (χ0n) is 60.9. The van der Waals surface area contributed by atoms with Crippen molar-refractivity contribution in [2.45, 2.75) is 179 Å². The number of aromatic hydroxyl groups is 2. The van der Waals surface area contributed by atoms with Gasteiger partial charge < -0.3 is 74.6 Å². The first-order valence-corrected chi connectivity index (χ1v) is 41.6. The van der Waals surface area contributed by atoms with Gasteiger partial charge in [-0.05, 0) is 172 Å². The van der Waals surface area contributed by atoms with Crippen LogP contribution in [0.5, 0.6) is 11.5 Å². The summed E-state index contributed by atoms with van der Waals surface area (Å²) in [5.74, 6) is -0.0200. The van der Waals surface area contributed by atoms with Crippen molar-refractivity contribution in [3.63, 3.8) is 0 Å². The lowest BCUT2D eigenvalue weighted by atomic mass is 10.0. The maximum Gasteiger partial charge on any atom is 0.248 e. The predicted octanol–water partition coefficient (Wildman–Crippen LogP) is 11.4. The summed E-state index contributed by atoms with van der Waals surface area (Å²) in [6.07, 6.45) is 7.45. The second-order valence-electron chi connectivity index (χ2n) is 30.3. The van der Waals surface area contributed by atoms with Gasteiger partial charge in [0, 0.05) is 140 Å². The normalized spacial score (nSPS) is 15.5. The van der Waals surface area contributed by atoms with Crippen LogP contribution < -0.4 is 32.4 Å². The van der Waals surface area contributed by atoms with Crippen LogP contribution >= 0.6 is 0 Å². The van der Waals surface area contributed by atoms with E-state index in [-0.39, 0.29) is 80.7 Å². The van der Waals surface area contributed by atoms with Crippen molar-refractivity contribution in [2.75, 3.05) is 103 Å². The summed E-state index contributed by atoms with van der Waals surface area (Å²) >= 11 is 0. The number of phenols is 2. The maximum absolute atomic E-state index is 13.2. The van der Waals surface area contributed by atoms with Gasteiger partial charge in [-0.1, -0.05) is 77.9 Å². The van der Waals surface area contributed by atoms with Gasteiger partial charge in [-0.25, -0.2) is 0 Å². The third-order valence-corrected chi connectivity index (χ3v) is 29.6. The molecule has 2 fully saturated rings. The van der Waals surface area contributed by atoms with E-state index >= 15 is 0 Å². The first-order valence-electron chi connectivity index (χ1n) is 35.7. The Morgan fingerprint density at radius 3 is 1.31 bits per heavy atom. The lowest BCUT2D eigenvalue weighted by molar-refractivity contribution is -0.131. The second kappa shape index (κ2) is 35.5. The van der Waals surface area contributed by atoms with Crippen molar-refractivity contribution in [1.29, 1.82) is 0 Å². The fourth-order valence-corrected chi connectivity index (χ4v) is 15.0. The number of nitrogens with zero attached hydrogens (tertiary/aromatic N) is 4. The zero-order chi connectivity index (χ0) is 71.7. The topological polar surface area (TPSA) is 263 Å². The van der Waals surface area contributed by atoms with Crippen LogP contribution in [-0.4, -0.2) is 185 Å². The van der Waals surface area contributed by atoms with Crippen LogP contribution in [-0.2, 0) is 45.6 Å². The number of rotatable bonds is 34. The van der Waals surface area contributed by atoms with Gasteiger partial charge in [0.05, 0.1) is 35.4 Å². The van der Waals surface area contributed by atoms with E-state index in [1.165, 1.54) is 12.1 Å². The highest BCUT2D eigenvalue weighted by Gasteiger charge is 2.41. The number of fused-ring (bicyclic) bond motifs is 2. The number of pyridine rings is 2. The van der Waals surface area contributed by atoms with Gasteiger partial charge in [0.25, 0.3) is 0 Å². The Bertz CT molecular complexity index is 3550. The smallest absolute Gasteiger partial charge is 0.248 e. The number of nitrogens with one attached hydrogen (secondary N) is 6. The molecule has 0 saturated carbocycles. The molecule has 2 aromatic heterocycles. The van der Waals surface area contributed by atoms with Gasteiger partial charge in [0.1, 0.15) is 11.5 Å². The van der Waals surface area contributed by atoms with Crippen LogP contribution in [0.2, 0.25) is 36.3 Å². The summed E-state index contributed by atoms with van der Waals surface area (Å²) in [4.78, 5) is 90.6. The predicted molar refractivity (Wildman–Crippen MR) is 401 cm³/mol. The number of anilines is 2. The first kappa shape index (κ1) is 77.7. The molecule has 4 amide bonds. The Labute approximate surface area is 587 Å². The van der Waals surface area contributed by atoms with Crippen LogP contribution in [0, 0.1) is 0 Å². The lowest BCUT2D eigenvalue weighted by Crippen LogP contribution is -2.43. The summed E-state index contributed by atoms with van der Waals surface area (Å²) in [6.45, 7) is 30.4. The fraction of sp³-hybridized carbons (Fsp3) is 0.553. The molecule has 2 atom stereocenters. The molecule has 4 heterocycles. The lowest BCUT2D eigenvalue weighted by Gasteiger charge is -2.39. The van der Waals surface area contributed by atoms with Gasteiger partial charge in [0.15, 0.2) is 16.6 Å². The van der Waals surface area contributed by atoms with Crippen molar-refractivity contribution in [3.05, 3.63) is 140 Å². The number of carbonyl (C=O) groups is 4. The minimum absolute atomic E-state index is 0.0149. The average molecular weight is 1400 g/mol. The molecule has 0 spiro atoms. The zero-order valence-corrected chi connectivity index (χ0v) is 62.9. The minimum atomic E-state index is -2.23. The van der Waals surface area contributed by atoms with Crippen LogP contribution in [0.1, 0.15) is 140 Å². The molecule has 99 heavy (non-hydrogen) atoms. The number of phenolic OH excluding ortho intramolecular Hbond substituents is 2. The molecule has 2 aliphatic heterocycles. The van der Waals surface area contributed by atoms with E-state index in [0.717, 1.165) is 109 Å². The number of aromatic amines is 2. The number of benzene rings is 4. The number of ether oxygens (including phenoxy) is 1. The van der Waals surface area contributed by atoms with Gasteiger partial charge in [-0.3, -0.25) is 28.8 Å². The first-order chi connectivity index (χ1) is 46.9. The van der Waals surface area contributed by atoms with Crippen LogP contribution in [0.15, 0.2) is 107 Å². The molecule has 8 rings (SSSR count). The maximum atomic E-state index is 13.2. The SMILES string of the molecule is CN(CCCC(=O)Nc1cccc(CCNC[C@H](O[Si](C)(C)C(C)(C)C)c2ccc(O)c3[nH]c(=O)ccc23)c1)C(=O)CCN1CCC(OC2CCN(CCC(=O)N(C)CCCC(=O)Nc3cccc(CCNC[C@H](O[Si](C)(C)C(C)(C)C)c4ccc(O)c5[nH]c(=O)ccc45)c3)CC2)CC1. The Hall–Kier alpha value is -7.07. The molecular weight excluding hydrogens is 1290 g/mol. The summed E-state index contributed by atoms with van der Waals surface area (Å²) in [5.41, 5.74) is 5.62. The largest absolute Gasteiger partial charge is 0.506 e. The number of likely N-dealkylation sites (tertiary alicyclic amines) is 2. The van der Waals surface area contributed by atoms with E-state index in [1.54, 1.807) is 34.1 Å². The fourth-order valence-electron chi connectivity index (χ4n) is 12.5. The molecule has 8 N–H and O–H groups in total. The summed E-state index contributed by atoms with van der Waals surface area (Å²) in [5, 5.41) is 35.9. The van der Waals surface area contributed by atoms with E-state index in [0.29, 0.717) is 102 Å². The van der Waals surface area contributed by atoms with Crippen molar-refractivity contribution >= 4 is 73.4 Å². The molecule has 2 saturated heterocycles. The van der Waals surface area contributed by atoms with Crippen LogP contribution in [0.4, 0.5) is 11.4 Å². The van der Waals surface area contributed by atoms with E-state index in [4.69, 9.17) is 13.6 Å². The second-order valence-corrected chi connectivity index (χ2v) is 39.8. The molecule has 0 bridgehead atoms. The number of hydrogen-bond donors (Lipinski definition) is 8. The highest BCUT2D eigenvalue weighted by molar-refractivity contribution is 6.74. The van der Waals surface area contributed by atoms with E-state index in [2.05, 4.69) is 109 Å². The van der Waals surface area contributed by atoms with Crippen LogP contribution in [0.3, 0.4) is 0 Å². The molecule has 0 aliphatic carbocycles. The highest BCUT2D eigenvalue weighted by Crippen LogP contribution is 2.43. The summed E-state index contributed by atoms with van der Waals surface area (Å²) in [7, 11) is -0.841. The number of H-pyrrole nitrogens is 2. The molecule has 0 unspecified atom stereocenters. The third-order valence-electron chi connectivity index (χ3n) is 20.6. The van der Waals surface area contributed by atoms with E-state index in [9.17, 15) is 39.0 Å². The summed E-state index contributed by atoms with van der Waals surface area (Å²) < 4.78 is 20.5. The van der Waals surface area contributed by atoms with Gasteiger partial charge in [-0.15, -0.1) is 0 Å². The number of amides is 4. The van der Waals surface area contributed by atoms with Crippen molar-refractivity contribution in [1.82, 2.24) is 40.2 Å². The monoisotopic (exact) mass is 1400 g/mol. The Kier molecular flexibility index (Phi) is 27.9. The number of carbonyl (C=O) groups excluding carboxylic acids is 4. The standard InChI is InChI=1S/C76H112N10O11Si2/c1-75(2,3)98(9,10)96-65(59-23-27-63(87)73-61(59)25-29-69(91)81-73)51-77-39-31-53-17-13-19-55(49-53)79-67(89)21-15-41-83(7)71(93)37-47-85-43-33-57(34-44-85)95-58-35-45-86(46-36-58)48-38-72(94)84(8)42-16-22-68(90)80-56-20-14-18-54(50-56)32-40-78-52-66(97-99(11,12)76(4,5)6)60-24-28-64(88)74-62(60)26-30-70(92)82-74/h13-14,17-20,23-30,49-50,57-58,65-66,77-78,87-88H,15-16,21-22,31-48,51-52H2,1-12H3,(H,79,89)(H,80,90)(H,81,91)(H,82,92)/t65-,66-/m0/s1. The Morgan fingerprint density at radius 2 is 0.939 bits per heavy atom. The van der Waals surface area contributed by atoms with Gasteiger partial charge in [0.2, 0.25) is 34.7 Å². The molecule has 2 aliphatic rings. The minimum Gasteiger partial charge on any atom is -0.506 e. The van der Waals surface area contributed by atoms with Crippen molar-refractivity contribution in [3.8, 4) is 11.5 Å². The third kappa shape index (κ3) is 23.0. The quantitative estimate of drug-likeness (QED) is 0.0138. The molecule has 540 valence electrons. The summed E-state index contributed by atoms with van der Waals surface area (Å²) in [6, 6.07) is 29.1. The molecule has 23 heteroatoms. The number of aromatic nitrogens is 2. The van der Waals surface area contributed by atoms with E-state index in [1.807, 2.05) is 74.8 Å². The molecule has 21 nitrogen and oxygen atoms in total. The van der Waals surface area contributed by atoms with Crippen molar-refractivity contribution in [2.24, 2.45) is 0 Å². The van der Waals surface area contributed by atoms with Gasteiger partial charge in [-0.2, -0.15) is 0 Å². The van der Waals surface area contributed by atoms with Gasteiger partial charge >= 0.3 is 0 Å². The number of hydrogen-bond acceptors (Lipinski definition) is 15. The van der Waals surface area contributed by atoms with Crippen LogP contribution in [0.25, 0.3) is 21.8 Å². The molecular formula is C76H112N10O11Si2. The molecule has 0 radical (unpaired) electrons. The van der Waals surface area contributed by atoms with Crippen molar-refractivity contribution < 1.29 is 43.0 Å². The highest BCUT2D eigenvalue weighted by atomic mass is 28.4. The Morgan fingerprint density at radius 1 is 0.556 bits per heavy atom. The van der Waals surface area contributed by atoms with E-state index < -0.39 is 16.6 Å². The average Bonchev–Trinajstić information content (AvgIpc) is 0.786. The number of piperidine rings is 2.